The zero-order valence-electron chi connectivity index (χ0n) is 15.5. The topological polar surface area (TPSA) is 50.2 Å². The standard InChI is InChI=1S/C23H24ClNO2/c1-2-3-4-5-6-7-16-8-10-17(11-9-16)22-15-20(23(26)27)19-14-18(24)12-13-21(19)25-22/h8-15H,2-7H2,1H3,(H,26,27). The third-order valence-corrected chi connectivity index (χ3v) is 5.05. The number of carbonyl (C=O) groups is 1. The summed E-state index contributed by atoms with van der Waals surface area (Å²) in [6.07, 6.45) is 7.43. The van der Waals surface area contributed by atoms with E-state index >= 15 is 0 Å². The van der Waals surface area contributed by atoms with Crippen LogP contribution in [0.15, 0.2) is 48.5 Å². The number of unbranched alkanes of at least 4 members (excludes halogenated alkanes) is 4. The Labute approximate surface area is 165 Å². The van der Waals surface area contributed by atoms with Gasteiger partial charge in [0.2, 0.25) is 0 Å². The van der Waals surface area contributed by atoms with E-state index in [9.17, 15) is 9.90 Å². The maximum atomic E-state index is 11.7. The van der Waals surface area contributed by atoms with Crippen LogP contribution in [0.2, 0.25) is 5.02 Å². The Balaban J connectivity index is 1.82. The van der Waals surface area contributed by atoms with Crippen molar-refractivity contribution in [3.63, 3.8) is 0 Å². The van der Waals surface area contributed by atoms with Crippen LogP contribution >= 0.6 is 11.6 Å². The van der Waals surface area contributed by atoms with E-state index in [2.05, 4.69) is 24.0 Å². The normalized spacial score (nSPS) is 11.0. The molecule has 0 fully saturated rings. The van der Waals surface area contributed by atoms with Crippen molar-refractivity contribution in [2.24, 2.45) is 0 Å². The number of hydrogen-bond acceptors (Lipinski definition) is 2. The highest BCUT2D eigenvalue weighted by molar-refractivity contribution is 6.31. The van der Waals surface area contributed by atoms with Crippen molar-refractivity contribution in [3.8, 4) is 11.3 Å². The molecular weight excluding hydrogens is 358 g/mol. The molecule has 0 radical (unpaired) electrons. The number of carboxylic acids is 1. The Kier molecular flexibility index (Phi) is 6.46. The quantitative estimate of drug-likeness (QED) is 0.438. The van der Waals surface area contributed by atoms with E-state index < -0.39 is 5.97 Å². The third-order valence-electron chi connectivity index (χ3n) is 4.82. The number of pyridine rings is 1. The van der Waals surface area contributed by atoms with E-state index in [-0.39, 0.29) is 5.56 Å². The first-order chi connectivity index (χ1) is 13.1. The number of aryl methyl sites for hydroxylation is 1. The predicted molar refractivity (Wildman–Crippen MR) is 112 cm³/mol. The summed E-state index contributed by atoms with van der Waals surface area (Å²) in [6.45, 7) is 2.23. The van der Waals surface area contributed by atoms with Crippen LogP contribution in [-0.4, -0.2) is 16.1 Å². The molecule has 27 heavy (non-hydrogen) atoms. The molecule has 0 atom stereocenters. The lowest BCUT2D eigenvalue weighted by Gasteiger charge is -2.08. The maximum Gasteiger partial charge on any atom is 0.336 e. The van der Waals surface area contributed by atoms with Crippen molar-refractivity contribution >= 4 is 28.5 Å². The van der Waals surface area contributed by atoms with Crippen molar-refractivity contribution in [2.75, 3.05) is 0 Å². The minimum Gasteiger partial charge on any atom is -0.478 e. The molecule has 0 aliphatic carbocycles. The van der Waals surface area contributed by atoms with Gasteiger partial charge in [-0.3, -0.25) is 0 Å². The fourth-order valence-corrected chi connectivity index (χ4v) is 3.47. The van der Waals surface area contributed by atoms with Crippen molar-refractivity contribution in [1.29, 1.82) is 0 Å². The number of aromatic carboxylic acids is 1. The van der Waals surface area contributed by atoms with Gasteiger partial charge in [-0.05, 0) is 42.7 Å². The molecule has 0 aliphatic rings. The number of halogens is 1. The molecule has 140 valence electrons. The molecule has 0 bridgehead atoms. The summed E-state index contributed by atoms with van der Waals surface area (Å²) in [6, 6.07) is 15.0. The maximum absolute atomic E-state index is 11.7. The average molecular weight is 382 g/mol. The van der Waals surface area contributed by atoms with Crippen LogP contribution in [0.25, 0.3) is 22.2 Å². The van der Waals surface area contributed by atoms with Gasteiger partial charge in [-0.1, -0.05) is 68.5 Å². The van der Waals surface area contributed by atoms with E-state index in [1.165, 1.54) is 37.7 Å². The zero-order valence-corrected chi connectivity index (χ0v) is 16.3. The van der Waals surface area contributed by atoms with E-state index in [0.29, 0.717) is 21.6 Å². The van der Waals surface area contributed by atoms with Gasteiger partial charge in [-0.2, -0.15) is 0 Å². The Morgan fingerprint density at radius 2 is 1.74 bits per heavy atom. The van der Waals surface area contributed by atoms with Crippen molar-refractivity contribution in [1.82, 2.24) is 4.98 Å². The Bertz CT molecular complexity index is 935. The van der Waals surface area contributed by atoms with Gasteiger partial charge in [-0.15, -0.1) is 0 Å². The summed E-state index contributed by atoms with van der Waals surface area (Å²) in [5.41, 5.74) is 3.74. The molecule has 0 unspecified atom stereocenters. The number of rotatable bonds is 8. The number of benzene rings is 2. The smallest absolute Gasteiger partial charge is 0.336 e. The number of fused-ring (bicyclic) bond motifs is 1. The summed E-state index contributed by atoms with van der Waals surface area (Å²) >= 11 is 6.02. The molecule has 1 heterocycles. The summed E-state index contributed by atoms with van der Waals surface area (Å²) in [5, 5.41) is 10.6. The first kappa shape index (κ1) is 19.4. The molecule has 1 aromatic heterocycles. The number of carboxylic acid groups (broad SMARTS) is 1. The minimum absolute atomic E-state index is 0.220. The van der Waals surface area contributed by atoms with Crippen molar-refractivity contribution < 1.29 is 9.90 Å². The van der Waals surface area contributed by atoms with Gasteiger partial charge in [0, 0.05) is 16.0 Å². The van der Waals surface area contributed by atoms with Gasteiger partial charge in [0.05, 0.1) is 16.8 Å². The van der Waals surface area contributed by atoms with E-state index in [1.807, 2.05) is 12.1 Å². The fraction of sp³-hybridized carbons (Fsp3) is 0.304. The number of nitrogens with zero attached hydrogens (tertiary/aromatic N) is 1. The molecule has 0 spiro atoms. The molecule has 3 nitrogen and oxygen atoms in total. The third kappa shape index (κ3) is 4.86. The van der Waals surface area contributed by atoms with Crippen molar-refractivity contribution in [2.45, 2.75) is 45.4 Å². The van der Waals surface area contributed by atoms with Gasteiger partial charge >= 0.3 is 5.97 Å². The van der Waals surface area contributed by atoms with Crippen LogP contribution in [0, 0.1) is 0 Å². The minimum atomic E-state index is -0.977. The summed E-state index contributed by atoms with van der Waals surface area (Å²) < 4.78 is 0. The van der Waals surface area contributed by atoms with Crippen LogP contribution in [0.1, 0.15) is 54.9 Å². The van der Waals surface area contributed by atoms with Gasteiger partial charge in [0.25, 0.3) is 0 Å². The fourth-order valence-electron chi connectivity index (χ4n) is 3.30. The Hall–Kier alpha value is -2.39. The first-order valence-corrected chi connectivity index (χ1v) is 9.89. The van der Waals surface area contributed by atoms with Gasteiger partial charge < -0.3 is 5.11 Å². The van der Waals surface area contributed by atoms with Crippen LogP contribution in [0.4, 0.5) is 0 Å². The molecule has 3 aromatic rings. The number of hydrogen-bond donors (Lipinski definition) is 1. The Morgan fingerprint density at radius 1 is 1.00 bits per heavy atom. The molecule has 1 N–H and O–H groups in total. The van der Waals surface area contributed by atoms with E-state index in [4.69, 9.17) is 11.6 Å². The van der Waals surface area contributed by atoms with Crippen LogP contribution < -0.4 is 0 Å². The second-order valence-corrected chi connectivity index (χ2v) is 7.32. The average Bonchev–Trinajstić information content (AvgIpc) is 2.67. The predicted octanol–water partition coefficient (Wildman–Crippen LogP) is 6.77. The highest BCUT2D eigenvalue weighted by atomic mass is 35.5. The molecule has 0 aliphatic heterocycles. The van der Waals surface area contributed by atoms with Gasteiger partial charge in [0.15, 0.2) is 0 Å². The highest BCUT2D eigenvalue weighted by Crippen LogP contribution is 2.27. The monoisotopic (exact) mass is 381 g/mol. The van der Waals surface area contributed by atoms with Crippen molar-refractivity contribution in [3.05, 3.63) is 64.7 Å². The lowest BCUT2D eigenvalue weighted by Crippen LogP contribution is -2.00. The molecule has 0 saturated heterocycles. The summed E-state index contributed by atoms with van der Waals surface area (Å²) in [5.74, 6) is -0.977. The summed E-state index contributed by atoms with van der Waals surface area (Å²) in [4.78, 5) is 16.3. The molecule has 3 rings (SSSR count). The number of aromatic nitrogens is 1. The molecule has 0 amide bonds. The van der Waals surface area contributed by atoms with Crippen LogP contribution in [-0.2, 0) is 6.42 Å². The highest BCUT2D eigenvalue weighted by Gasteiger charge is 2.13. The lowest BCUT2D eigenvalue weighted by atomic mass is 10.0. The van der Waals surface area contributed by atoms with Crippen LogP contribution in [0.3, 0.4) is 0 Å². The SMILES string of the molecule is CCCCCCCc1ccc(-c2cc(C(=O)O)c3cc(Cl)ccc3n2)cc1. The molecule has 2 aromatic carbocycles. The molecular formula is C23H24ClNO2. The summed E-state index contributed by atoms with van der Waals surface area (Å²) in [7, 11) is 0. The van der Waals surface area contributed by atoms with Crippen LogP contribution in [0.5, 0.6) is 0 Å². The zero-order chi connectivity index (χ0) is 19.2. The van der Waals surface area contributed by atoms with Gasteiger partial charge in [-0.25, -0.2) is 9.78 Å². The first-order valence-electron chi connectivity index (χ1n) is 9.51. The second kappa shape index (κ2) is 9.01. The van der Waals surface area contributed by atoms with E-state index in [1.54, 1.807) is 24.3 Å². The molecule has 4 heteroatoms. The molecule has 0 saturated carbocycles. The lowest BCUT2D eigenvalue weighted by molar-refractivity contribution is 0.0699. The van der Waals surface area contributed by atoms with E-state index in [0.717, 1.165) is 12.0 Å². The largest absolute Gasteiger partial charge is 0.478 e. The van der Waals surface area contributed by atoms with Gasteiger partial charge in [0.1, 0.15) is 0 Å². The Morgan fingerprint density at radius 3 is 2.44 bits per heavy atom. The second-order valence-electron chi connectivity index (χ2n) is 6.88.